The third-order valence-corrected chi connectivity index (χ3v) is 14.7. The van der Waals surface area contributed by atoms with Gasteiger partial charge in [-0.3, -0.25) is 0 Å². The Morgan fingerprint density at radius 2 is 1.27 bits per heavy atom. The van der Waals surface area contributed by atoms with Crippen molar-refractivity contribution in [1.82, 2.24) is 0 Å². The van der Waals surface area contributed by atoms with E-state index in [9.17, 15) is 13.2 Å². The van der Waals surface area contributed by atoms with Gasteiger partial charge in [0, 0.05) is 19.8 Å². The predicted molar refractivity (Wildman–Crippen MR) is 192 cm³/mol. The Bertz CT molecular complexity index is 922. The van der Waals surface area contributed by atoms with Crippen LogP contribution in [-0.4, -0.2) is 42.8 Å². The smallest absolute Gasteiger partial charge is 0.396 e. The molecule has 4 rings (SSSR count). The number of rotatable bonds is 21. The minimum absolute atomic E-state index is 0.188. The van der Waals surface area contributed by atoms with E-state index in [0.717, 1.165) is 57.0 Å². The van der Waals surface area contributed by atoms with Crippen molar-refractivity contribution in [2.75, 3.05) is 19.8 Å². The molecule has 0 bridgehead atoms. The van der Waals surface area contributed by atoms with Crippen LogP contribution >= 0.6 is 0 Å². The van der Waals surface area contributed by atoms with Crippen LogP contribution in [0.15, 0.2) is 0 Å². The first-order valence-corrected chi connectivity index (χ1v) is 20.8. The van der Waals surface area contributed by atoms with E-state index in [4.69, 9.17) is 14.6 Å². The van der Waals surface area contributed by atoms with Crippen LogP contribution in [-0.2, 0) is 9.47 Å². The van der Waals surface area contributed by atoms with Gasteiger partial charge in [0.2, 0.25) is 0 Å². The fourth-order valence-corrected chi connectivity index (χ4v) is 11.6. The van der Waals surface area contributed by atoms with Crippen LogP contribution in [0.5, 0.6) is 0 Å². The van der Waals surface area contributed by atoms with Crippen molar-refractivity contribution < 1.29 is 27.8 Å². The molecule has 1 N–H and O–H groups in total. The lowest BCUT2D eigenvalue weighted by atomic mass is 9.44. The summed E-state index contributed by atoms with van der Waals surface area (Å²) in [6.45, 7) is 11.4. The zero-order chi connectivity index (χ0) is 34.8. The molecule has 0 aliphatic heterocycles. The molecule has 9 atom stereocenters. The van der Waals surface area contributed by atoms with E-state index in [2.05, 4.69) is 20.8 Å². The zero-order valence-electron chi connectivity index (χ0n) is 31.8. The second kappa shape index (κ2) is 18.4. The van der Waals surface area contributed by atoms with Gasteiger partial charge in [-0.2, -0.15) is 13.2 Å². The van der Waals surface area contributed by atoms with Gasteiger partial charge in [-0.05, 0) is 144 Å². The summed E-state index contributed by atoms with van der Waals surface area (Å²) < 4.78 is 51.5. The SMILES string of the molecule is C[C@H](CCCOC(C)(C)C(F)(F)F)[C@H]1CC[C@H]2[C@@H]3CC[C@@H]4C[C@H](OCCCCCCCCCCCCCCO)CC[C@]4(C)[C@H]3CC[C@]12C. The highest BCUT2D eigenvalue weighted by Gasteiger charge is 2.60. The molecule has 0 unspecified atom stereocenters. The van der Waals surface area contributed by atoms with E-state index >= 15 is 0 Å². The molecular formula is C42H75F3O3. The fourth-order valence-electron chi connectivity index (χ4n) is 11.6. The number of hydrogen-bond acceptors (Lipinski definition) is 3. The molecule has 6 heteroatoms. The monoisotopic (exact) mass is 685 g/mol. The predicted octanol–water partition coefficient (Wildman–Crippen LogP) is 12.5. The van der Waals surface area contributed by atoms with Crippen LogP contribution < -0.4 is 0 Å². The van der Waals surface area contributed by atoms with Gasteiger partial charge in [-0.1, -0.05) is 85.0 Å². The Morgan fingerprint density at radius 3 is 1.90 bits per heavy atom. The molecule has 0 saturated heterocycles. The van der Waals surface area contributed by atoms with Crippen LogP contribution in [0.3, 0.4) is 0 Å². The Kier molecular flexibility index (Phi) is 15.5. The highest BCUT2D eigenvalue weighted by atomic mass is 19.4. The molecule has 0 radical (unpaired) electrons. The van der Waals surface area contributed by atoms with Crippen molar-refractivity contribution in [3.05, 3.63) is 0 Å². The van der Waals surface area contributed by atoms with Gasteiger partial charge in [0.15, 0.2) is 5.60 Å². The first-order valence-electron chi connectivity index (χ1n) is 20.8. The van der Waals surface area contributed by atoms with Crippen molar-refractivity contribution in [2.45, 2.75) is 200 Å². The van der Waals surface area contributed by atoms with Gasteiger partial charge in [0.25, 0.3) is 0 Å². The van der Waals surface area contributed by atoms with Crippen LogP contribution in [0.25, 0.3) is 0 Å². The van der Waals surface area contributed by atoms with Gasteiger partial charge >= 0.3 is 6.18 Å². The van der Waals surface area contributed by atoms with E-state index < -0.39 is 11.8 Å². The van der Waals surface area contributed by atoms with E-state index in [-0.39, 0.29) is 6.61 Å². The average Bonchev–Trinajstić information content (AvgIpc) is 3.40. The maximum absolute atomic E-state index is 13.2. The number of hydrogen-bond donors (Lipinski definition) is 1. The van der Waals surface area contributed by atoms with Crippen molar-refractivity contribution in [3.8, 4) is 0 Å². The molecule has 0 heterocycles. The van der Waals surface area contributed by atoms with Crippen LogP contribution in [0.1, 0.15) is 182 Å². The molecule has 48 heavy (non-hydrogen) atoms. The number of aliphatic hydroxyl groups excluding tert-OH is 1. The molecule has 4 saturated carbocycles. The van der Waals surface area contributed by atoms with Gasteiger partial charge in [-0.25, -0.2) is 0 Å². The van der Waals surface area contributed by atoms with E-state index in [1.165, 1.54) is 128 Å². The number of ether oxygens (including phenoxy) is 2. The van der Waals surface area contributed by atoms with Crippen LogP contribution in [0.2, 0.25) is 0 Å². The van der Waals surface area contributed by atoms with Crippen LogP contribution in [0, 0.1) is 46.3 Å². The summed E-state index contributed by atoms with van der Waals surface area (Å²) in [5.41, 5.74) is -1.21. The Balaban J connectivity index is 1.12. The molecule has 0 spiro atoms. The molecule has 0 aromatic carbocycles. The third-order valence-electron chi connectivity index (χ3n) is 14.7. The van der Waals surface area contributed by atoms with Gasteiger partial charge in [-0.15, -0.1) is 0 Å². The van der Waals surface area contributed by atoms with Crippen molar-refractivity contribution in [3.63, 3.8) is 0 Å². The number of halogens is 3. The number of alkyl halides is 3. The fraction of sp³-hybridized carbons (Fsp3) is 1.00. The second-order valence-corrected chi connectivity index (χ2v) is 18.1. The first-order chi connectivity index (χ1) is 22.8. The van der Waals surface area contributed by atoms with E-state index in [1.54, 1.807) is 0 Å². The quantitative estimate of drug-likeness (QED) is 0.122. The molecular weight excluding hydrogens is 609 g/mol. The number of unbranched alkanes of at least 4 members (excludes halogenated alkanes) is 11. The summed E-state index contributed by atoms with van der Waals surface area (Å²) in [6, 6.07) is 0. The number of fused-ring (bicyclic) bond motifs is 5. The maximum Gasteiger partial charge on any atom is 0.416 e. The van der Waals surface area contributed by atoms with Gasteiger partial charge in [0.1, 0.15) is 0 Å². The van der Waals surface area contributed by atoms with Crippen molar-refractivity contribution >= 4 is 0 Å². The minimum Gasteiger partial charge on any atom is -0.396 e. The Morgan fingerprint density at radius 1 is 0.688 bits per heavy atom. The van der Waals surface area contributed by atoms with Crippen molar-refractivity contribution in [2.24, 2.45) is 46.3 Å². The highest BCUT2D eigenvalue weighted by Crippen LogP contribution is 2.68. The minimum atomic E-state index is -4.33. The van der Waals surface area contributed by atoms with E-state index in [0.29, 0.717) is 41.8 Å². The normalized spacial score (nSPS) is 34.4. The molecule has 4 fully saturated rings. The first kappa shape index (κ1) is 40.4. The average molecular weight is 685 g/mol. The molecule has 4 aliphatic rings. The lowest BCUT2D eigenvalue weighted by Gasteiger charge is -2.61. The topological polar surface area (TPSA) is 38.7 Å². The number of aliphatic hydroxyl groups is 1. The van der Waals surface area contributed by atoms with Crippen LogP contribution in [0.4, 0.5) is 13.2 Å². The lowest BCUT2D eigenvalue weighted by molar-refractivity contribution is -0.263. The summed E-state index contributed by atoms with van der Waals surface area (Å²) in [4.78, 5) is 0. The molecule has 0 amide bonds. The Labute approximate surface area is 293 Å². The zero-order valence-corrected chi connectivity index (χ0v) is 31.8. The maximum atomic E-state index is 13.2. The summed E-state index contributed by atoms with van der Waals surface area (Å²) >= 11 is 0. The largest absolute Gasteiger partial charge is 0.416 e. The van der Waals surface area contributed by atoms with Gasteiger partial charge in [0.05, 0.1) is 6.10 Å². The summed E-state index contributed by atoms with van der Waals surface area (Å²) in [5, 5.41) is 8.86. The summed E-state index contributed by atoms with van der Waals surface area (Å²) in [5.74, 6) is 4.57. The summed E-state index contributed by atoms with van der Waals surface area (Å²) in [6.07, 6.45) is 25.3. The standard InChI is InChI=1S/C42H75F3O3/c1-32(19-18-30-48-39(2,3)42(43,44)45)36-22-23-37-35-21-20-33-31-34(24-26-40(33,4)38(35)25-27-41(36,37)5)47-29-17-15-13-11-9-7-6-8-10-12-14-16-28-46/h32-38,46H,6-31H2,1-5H3/t32-,33-,34-,35+,36-,37+,38+,40+,41-/m1/s1. The molecule has 4 aliphatic carbocycles. The highest BCUT2D eigenvalue weighted by molar-refractivity contribution is 5.09. The molecule has 282 valence electrons. The van der Waals surface area contributed by atoms with Gasteiger partial charge < -0.3 is 14.6 Å². The molecule has 3 nitrogen and oxygen atoms in total. The lowest BCUT2D eigenvalue weighted by Crippen LogP contribution is -2.54. The van der Waals surface area contributed by atoms with E-state index in [1.807, 2.05) is 0 Å². The Hall–Kier alpha value is -0.330. The second-order valence-electron chi connectivity index (χ2n) is 18.1. The molecule has 0 aromatic heterocycles. The third kappa shape index (κ3) is 10.2. The summed E-state index contributed by atoms with van der Waals surface area (Å²) in [7, 11) is 0. The van der Waals surface area contributed by atoms with Crippen molar-refractivity contribution in [1.29, 1.82) is 0 Å². The molecule has 0 aromatic rings.